The minimum absolute atomic E-state index is 0.0225. The summed E-state index contributed by atoms with van der Waals surface area (Å²) in [4.78, 5) is 10.9. The summed E-state index contributed by atoms with van der Waals surface area (Å²) < 4.78 is 10.8. The fourth-order valence-electron chi connectivity index (χ4n) is 2.09. The highest BCUT2D eigenvalue weighted by molar-refractivity contribution is 9.09. The normalized spacial score (nSPS) is 24.4. The van der Waals surface area contributed by atoms with E-state index in [1.807, 2.05) is 0 Å². The molecule has 0 spiro atoms. The number of ether oxygens (including phenoxy) is 2. The van der Waals surface area contributed by atoms with Crippen LogP contribution in [0.4, 0.5) is 5.69 Å². The standard InChI is InChI=1S/C13H16BrNO4/c1-13(2)11(14)7-12(13)19-8-4-5-10(18-3)9(6-8)15(16)17/h4-6,11-12H,7H2,1-3H3. The van der Waals surface area contributed by atoms with Crippen LogP contribution in [-0.4, -0.2) is 23.0 Å². The van der Waals surface area contributed by atoms with Crippen LogP contribution >= 0.6 is 15.9 Å². The molecular weight excluding hydrogens is 314 g/mol. The van der Waals surface area contributed by atoms with Crippen molar-refractivity contribution >= 4 is 21.6 Å². The Morgan fingerprint density at radius 3 is 2.63 bits per heavy atom. The highest BCUT2D eigenvalue weighted by atomic mass is 79.9. The van der Waals surface area contributed by atoms with Gasteiger partial charge in [-0.05, 0) is 18.6 Å². The van der Waals surface area contributed by atoms with Crippen LogP contribution in [0.15, 0.2) is 18.2 Å². The molecular formula is C13H16BrNO4. The number of methoxy groups -OCH3 is 1. The second-order valence-electron chi connectivity index (χ2n) is 5.22. The zero-order valence-electron chi connectivity index (χ0n) is 11.1. The third-order valence-corrected chi connectivity index (χ3v) is 5.24. The Hall–Kier alpha value is -1.30. The molecule has 1 aromatic carbocycles. The van der Waals surface area contributed by atoms with Crippen molar-refractivity contribution in [2.24, 2.45) is 5.41 Å². The number of hydrogen-bond donors (Lipinski definition) is 0. The van der Waals surface area contributed by atoms with Gasteiger partial charge in [-0.2, -0.15) is 0 Å². The number of nitro benzene ring substituents is 1. The molecule has 6 heteroatoms. The molecule has 0 amide bonds. The van der Waals surface area contributed by atoms with E-state index in [1.165, 1.54) is 13.2 Å². The summed E-state index contributed by atoms with van der Waals surface area (Å²) in [6, 6.07) is 4.67. The van der Waals surface area contributed by atoms with E-state index >= 15 is 0 Å². The lowest BCUT2D eigenvalue weighted by atomic mass is 9.69. The zero-order chi connectivity index (χ0) is 14.2. The average molecular weight is 330 g/mol. The van der Waals surface area contributed by atoms with E-state index in [2.05, 4.69) is 29.8 Å². The Labute approximate surface area is 120 Å². The Morgan fingerprint density at radius 2 is 2.16 bits per heavy atom. The predicted octanol–water partition coefficient (Wildman–Crippen LogP) is 3.54. The Kier molecular flexibility index (Phi) is 3.71. The number of nitrogens with zero attached hydrogens (tertiary/aromatic N) is 1. The molecule has 2 rings (SSSR count). The zero-order valence-corrected chi connectivity index (χ0v) is 12.6. The molecule has 1 aliphatic rings. The third-order valence-electron chi connectivity index (χ3n) is 3.68. The first-order chi connectivity index (χ1) is 8.86. The number of hydrogen-bond acceptors (Lipinski definition) is 4. The van der Waals surface area contributed by atoms with Crippen LogP contribution in [0.3, 0.4) is 0 Å². The Bertz CT molecular complexity index is 503. The van der Waals surface area contributed by atoms with Crippen molar-refractivity contribution in [3.8, 4) is 11.5 Å². The maximum Gasteiger partial charge on any atom is 0.314 e. The first-order valence-electron chi connectivity index (χ1n) is 5.99. The van der Waals surface area contributed by atoms with Gasteiger partial charge in [0.25, 0.3) is 0 Å². The van der Waals surface area contributed by atoms with Crippen LogP contribution in [0.5, 0.6) is 11.5 Å². The van der Waals surface area contributed by atoms with Crippen molar-refractivity contribution in [1.29, 1.82) is 0 Å². The van der Waals surface area contributed by atoms with E-state index in [4.69, 9.17) is 9.47 Å². The van der Waals surface area contributed by atoms with Gasteiger partial charge in [0, 0.05) is 10.2 Å². The molecule has 0 aromatic heterocycles. The number of alkyl halides is 1. The molecule has 19 heavy (non-hydrogen) atoms. The monoisotopic (exact) mass is 329 g/mol. The smallest absolute Gasteiger partial charge is 0.314 e. The molecule has 1 aliphatic carbocycles. The van der Waals surface area contributed by atoms with Crippen molar-refractivity contribution in [3.63, 3.8) is 0 Å². The molecule has 1 fully saturated rings. The van der Waals surface area contributed by atoms with Gasteiger partial charge in [-0.3, -0.25) is 10.1 Å². The predicted molar refractivity (Wildman–Crippen MR) is 75.2 cm³/mol. The molecule has 104 valence electrons. The van der Waals surface area contributed by atoms with Gasteiger partial charge in [-0.1, -0.05) is 29.8 Å². The second-order valence-corrected chi connectivity index (χ2v) is 6.33. The van der Waals surface area contributed by atoms with Crippen molar-refractivity contribution in [3.05, 3.63) is 28.3 Å². The molecule has 0 N–H and O–H groups in total. The SMILES string of the molecule is COc1ccc(OC2CC(Br)C2(C)C)cc1[N+](=O)[O-]. The summed E-state index contributed by atoms with van der Waals surface area (Å²) >= 11 is 3.59. The van der Waals surface area contributed by atoms with Crippen molar-refractivity contribution in [1.82, 2.24) is 0 Å². The molecule has 0 aliphatic heterocycles. The van der Waals surface area contributed by atoms with Crippen molar-refractivity contribution in [2.45, 2.75) is 31.2 Å². The molecule has 0 saturated heterocycles. The maximum absolute atomic E-state index is 10.9. The van der Waals surface area contributed by atoms with E-state index in [9.17, 15) is 10.1 Å². The average Bonchev–Trinajstić information content (AvgIpc) is 2.38. The quantitative estimate of drug-likeness (QED) is 0.481. The molecule has 0 radical (unpaired) electrons. The summed E-state index contributed by atoms with van der Waals surface area (Å²) in [5.41, 5.74) is -0.0538. The molecule has 1 aromatic rings. The van der Waals surface area contributed by atoms with Crippen LogP contribution in [0, 0.1) is 15.5 Å². The first-order valence-corrected chi connectivity index (χ1v) is 6.91. The number of halogens is 1. The third kappa shape index (κ3) is 2.54. The van der Waals surface area contributed by atoms with Gasteiger partial charge in [0.15, 0.2) is 5.75 Å². The maximum atomic E-state index is 10.9. The summed E-state index contributed by atoms with van der Waals surface area (Å²) in [6.45, 7) is 4.22. The minimum atomic E-state index is -0.467. The lowest BCUT2D eigenvalue weighted by Crippen LogP contribution is -2.53. The Morgan fingerprint density at radius 1 is 1.47 bits per heavy atom. The van der Waals surface area contributed by atoms with E-state index in [-0.39, 0.29) is 23.0 Å². The van der Waals surface area contributed by atoms with Gasteiger partial charge < -0.3 is 9.47 Å². The summed E-state index contributed by atoms with van der Waals surface area (Å²) in [5, 5.41) is 10.9. The van der Waals surface area contributed by atoms with Crippen LogP contribution in [0.2, 0.25) is 0 Å². The van der Waals surface area contributed by atoms with Gasteiger partial charge in [0.2, 0.25) is 0 Å². The van der Waals surface area contributed by atoms with Crippen LogP contribution in [-0.2, 0) is 0 Å². The van der Waals surface area contributed by atoms with Gasteiger partial charge >= 0.3 is 5.69 Å². The van der Waals surface area contributed by atoms with Gasteiger partial charge in [-0.15, -0.1) is 0 Å². The lowest BCUT2D eigenvalue weighted by Gasteiger charge is -2.48. The fraction of sp³-hybridized carbons (Fsp3) is 0.538. The molecule has 1 saturated carbocycles. The highest BCUT2D eigenvalue weighted by Crippen LogP contribution is 2.47. The fourth-order valence-corrected chi connectivity index (χ4v) is 2.72. The van der Waals surface area contributed by atoms with Crippen LogP contribution in [0.25, 0.3) is 0 Å². The van der Waals surface area contributed by atoms with E-state index in [0.717, 1.165) is 6.42 Å². The summed E-state index contributed by atoms with van der Waals surface area (Å²) in [7, 11) is 1.41. The number of rotatable bonds is 4. The number of benzene rings is 1. The van der Waals surface area contributed by atoms with E-state index < -0.39 is 4.92 Å². The van der Waals surface area contributed by atoms with Gasteiger partial charge in [0.05, 0.1) is 18.1 Å². The minimum Gasteiger partial charge on any atom is -0.490 e. The Balaban J connectivity index is 2.18. The van der Waals surface area contributed by atoms with E-state index in [0.29, 0.717) is 10.6 Å². The molecule has 5 nitrogen and oxygen atoms in total. The van der Waals surface area contributed by atoms with E-state index in [1.54, 1.807) is 12.1 Å². The second kappa shape index (κ2) is 5.00. The summed E-state index contributed by atoms with van der Waals surface area (Å²) in [5.74, 6) is 0.744. The molecule has 2 atom stereocenters. The lowest BCUT2D eigenvalue weighted by molar-refractivity contribution is -0.385. The number of nitro groups is 1. The molecule has 2 unspecified atom stereocenters. The van der Waals surface area contributed by atoms with Crippen molar-refractivity contribution in [2.75, 3.05) is 7.11 Å². The van der Waals surface area contributed by atoms with Gasteiger partial charge in [-0.25, -0.2) is 0 Å². The molecule has 0 bridgehead atoms. The highest BCUT2D eigenvalue weighted by Gasteiger charge is 2.48. The topological polar surface area (TPSA) is 61.6 Å². The van der Waals surface area contributed by atoms with Crippen LogP contribution < -0.4 is 9.47 Å². The van der Waals surface area contributed by atoms with Gasteiger partial charge in [0.1, 0.15) is 11.9 Å². The first kappa shape index (κ1) is 14.1. The largest absolute Gasteiger partial charge is 0.490 e. The summed E-state index contributed by atoms with van der Waals surface area (Å²) in [6.07, 6.45) is 0.956. The van der Waals surface area contributed by atoms with Crippen LogP contribution in [0.1, 0.15) is 20.3 Å². The molecule has 0 heterocycles. The van der Waals surface area contributed by atoms with Crippen molar-refractivity contribution < 1.29 is 14.4 Å².